The molecule has 0 radical (unpaired) electrons. The average Bonchev–Trinajstić information content (AvgIpc) is 2.83. The first kappa shape index (κ1) is 13.5. The van der Waals surface area contributed by atoms with E-state index in [1.807, 2.05) is 30.5 Å². The number of ether oxygens (including phenoxy) is 1. The number of aromatic nitrogens is 1. The number of thiocarbonyl (C=S) groups is 1. The van der Waals surface area contributed by atoms with Crippen molar-refractivity contribution in [1.29, 1.82) is 0 Å². The van der Waals surface area contributed by atoms with E-state index in [0.717, 1.165) is 16.5 Å². The van der Waals surface area contributed by atoms with E-state index in [0.29, 0.717) is 18.3 Å². The summed E-state index contributed by atoms with van der Waals surface area (Å²) in [5.41, 5.74) is 4.87. The highest BCUT2D eigenvalue weighted by molar-refractivity contribution is 7.80. The lowest BCUT2D eigenvalue weighted by atomic mass is 10.2. The summed E-state index contributed by atoms with van der Waals surface area (Å²) in [6.45, 7) is 1.26. The highest BCUT2D eigenvalue weighted by atomic mass is 32.1. The molecule has 19 heavy (non-hydrogen) atoms. The van der Waals surface area contributed by atoms with E-state index in [1.54, 1.807) is 13.3 Å². The quantitative estimate of drug-likeness (QED) is 0.336. The van der Waals surface area contributed by atoms with Crippen LogP contribution in [0.25, 0.3) is 10.9 Å². The van der Waals surface area contributed by atoms with Crippen molar-refractivity contribution >= 4 is 34.4 Å². The van der Waals surface area contributed by atoms with Crippen molar-refractivity contribution in [3.05, 3.63) is 36.0 Å². The summed E-state index contributed by atoms with van der Waals surface area (Å²) in [7, 11) is 1.65. The van der Waals surface area contributed by atoms with Crippen molar-refractivity contribution in [3.8, 4) is 0 Å². The van der Waals surface area contributed by atoms with Crippen LogP contribution in [0.3, 0.4) is 0 Å². The van der Waals surface area contributed by atoms with E-state index in [2.05, 4.69) is 20.8 Å². The number of methoxy groups -OCH3 is 1. The van der Waals surface area contributed by atoms with Crippen molar-refractivity contribution in [3.63, 3.8) is 0 Å². The number of fused-ring (bicyclic) bond motifs is 1. The van der Waals surface area contributed by atoms with E-state index < -0.39 is 0 Å². The summed E-state index contributed by atoms with van der Waals surface area (Å²) >= 11 is 5.06. The molecule has 0 aliphatic rings. The summed E-state index contributed by atoms with van der Waals surface area (Å²) in [5.74, 6) is 0. The Morgan fingerprint density at radius 3 is 3.16 bits per heavy atom. The van der Waals surface area contributed by atoms with Gasteiger partial charge in [0, 0.05) is 36.3 Å². The van der Waals surface area contributed by atoms with Crippen molar-refractivity contribution in [1.82, 2.24) is 15.7 Å². The molecule has 0 saturated heterocycles. The first-order valence-corrected chi connectivity index (χ1v) is 6.34. The molecule has 100 valence electrons. The molecule has 1 aromatic heterocycles. The molecule has 2 rings (SSSR count). The van der Waals surface area contributed by atoms with Crippen LogP contribution in [0, 0.1) is 0 Å². The fourth-order valence-corrected chi connectivity index (χ4v) is 1.82. The van der Waals surface area contributed by atoms with Crippen molar-refractivity contribution in [2.75, 3.05) is 20.3 Å². The Kier molecular flexibility index (Phi) is 4.88. The average molecular weight is 276 g/mol. The van der Waals surface area contributed by atoms with Crippen LogP contribution in [-0.4, -0.2) is 36.6 Å². The molecule has 2 aromatic rings. The zero-order chi connectivity index (χ0) is 13.5. The van der Waals surface area contributed by atoms with Gasteiger partial charge in [-0.3, -0.25) is 5.43 Å². The zero-order valence-electron chi connectivity index (χ0n) is 10.6. The summed E-state index contributed by atoms with van der Waals surface area (Å²) in [6.07, 6.45) is 3.65. The number of hydrogen-bond acceptors (Lipinski definition) is 3. The smallest absolute Gasteiger partial charge is 0.187 e. The van der Waals surface area contributed by atoms with Crippen LogP contribution in [0.1, 0.15) is 5.56 Å². The number of nitrogens with one attached hydrogen (secondary N) is 3. The molecule has 0 aliphatic heterocycles. The Morgan fingerprint density at radius 2 is 2.32 bits per heavy atom. The summed E-state index contributed by atoms with van der Waals surface area (Å²) in [6, 6.07) is 8.06. The lowest BCUT2D eigenvalue weighted by Gasteiger charge is -2.05. The van der Waals surface area contributed by atoms with Crippen molar-refractivity contribution < 1.29 is 4.74 Å². The maximum atomic E-state index is 5.06. The largest absolute Gasteiger partial charge is 0.383 e. The van der Waals surface area contributed by atoms with E-state index in [-0.39, 0.29) is 0 Å². The number of hydrazone groups is 1. The predicted molar refractivity (Wildman–Crippen MR) is 81.5 cm³/mol. The van der Waals surface area contributed by atoms with E-state index in [1.165, 1.54) is 0 Å². The standard InChI is InChI=1S/C13H16N4OS/c1-18-7-6-14-13(19)17-16-9-10-8-15-12-5-3-2-4-11(10)12/h2-5,8-9,15H,6-7H2,1H3,(H2,14,17,19)/b16-9+. The Balaban J connectivity index is 1.90. The number of benzene rings is 1. The molecular formula is C13H16N4OS. The predicted octanol–water partition coefficient (Wildman–Crippen LogP) is 1.61. The minimum atomic E-state index is 0.480. The molecule has 0 spiro atoms. The highest BCUT2D eigenvalue weighted by Crippen LogP contribution is 2.15. The summed E-state index contributed by atoms with van der Waals surface area (Å²) in [4.78, 5) is 3.18. The molecule has 6 heteroatoms. The third-order valence-electron chi connectivity index (χ3n) is 2.58. The Hall–Kier alpha value is -1.92. The zero-order valence-corrected chi connectivity index (χ0v) is 11.5. The van der Waals surface area contributed by atoms with Gasteiger partial charge < -0.3 is 15.0 Å². The fourth-order valence-electron chi connectivity index (χ4n) is 1.67. The van der Waals surface area contributed by atoms with E-state index in [4.69, 9.17) is 17.0 Å². The second-order valence-electron chi connectivity index (χ2n) is 3.91. The monoisotopic (exact) mass is 276 g/mol. The molecule has 0 unspecified atom stereocenters. The van der Waals surface area contributed by atoms with Crippen LogP contribution in [-0.2, 0) is 4.74 Å². The first-order valence-electron chi connectivity index (χ1n) is 5.93. The minimum Gasteiger partial charge on any atom is -0.383 e. The van der Waals surface area contributed by atoms with Gasteiger partial charge in [0.15, 0.2) is 5.11 Å². The van der Waals surface area contributed by atoms with Crippen LogP contribution in [0.2, 0.25) is 0 Å². The molecular weight excluding hydrogens is 260 g/mol. The third-order valence-corrected chi connectivity index (χ3v) is 2.82. The van der Waals surface area contributed by atoms with Crippen LogP contribution in [0.5, 0.6) is 0 Å². The van der Waals surface area contributed by atoms with Crippen LogP contribution < -0.4 is 10.7 Å². The maximum absolute atomic E-state index is 5.06. The molecule has 1 aromatic carbocycles. The molecule has 0 bridgehead atoms. The van der Waals surface area contributed by atoms with Gasteiger partial charge in [-0.15, -0.1) is 0 Å². The fraction of sp³-hybridized carbons (Fsp3) is 0.231. The van der Waals surface area contributed by atoms with Gasteiger partial charge in [-0.05, 0) is 18.3 Å². The van der Waals surface area contributed by atoms with Crippen molar-refractivity contribution in [2.45, 2.75) is 0 Å². The molecule has 0 aliphatic carbocycles. The van der Waals surface area contributed by atoms with Gasteiger partial charge in [-0.25, -0.2) is 0 Å². The van der Waals surface area contributed by atoms with E-state index in [9.17, 15) is 0 Å². The number of para-hydroxylation sites is 1. The Labute approximate surface area is 117 Å². The highest BCUT2D eigenvalue weighted by Gasteiger charge is 1.99. The second kappa shape index (κ2) is 6.86. The summed E-state index contributed by atoms with van der Waals surface area (Å²) in [5, 5.41) is 8.69. The van der Waals surface area contributed by atoms with Gasteiger partial charge in [0.2, 0.25) is 0 Å². The van der Waals surface area contributed by atoms with Crippen molar-refractivity contribution in [2.24, 2.45) is 5.10 Å². The van der Waals surface area contributed by atoms with Crippen LogP contribution in [0.4, 0.5) is 0 Å². The number of nitrogens with zero attached hydrogens (tertiary/aromatic N) is 1. The van der Waals surface area contributed by atoms with Gasteiger partial charge in [-0.2, -0.15) is 5.10 Å². The number of H-pyrrole nitrogens is 1. The molecule has 0 amide bonds. The van der Waals surface area contributed by atoms with Crippen LogP contribution >= 0.6 is 12.2 Å². The molecule has 0 atom stereocenters. The first-order chi connectivity index (χ1) is 9.31. The van der Waals surface area contributed by atoms with Gasteiger partial charge in [-0.1, -0.05) is 18.2 Å². The lowest BCUT2D eigenvalue weighted by Crippen LogP contribution is -2.34. The SMILES string of the molecule is COCCNC(=S)N/N=C/c1c[nH]c2ccccc12. The van der Waals surface area contributed by atoms with Gasteiger partial charge in [0.1, 0.15) is 0 Å². The van der Waals surface area contributed by atoms with Gasteiger partial charge >= 0.3 is 0 Å². The lowest BCUT2D eigenvalue weighted by molar-refractivity contribution is 0.204. The Bertz CT molecular complexity index is 579. The van der Waals surface area contributed by atoms with Gasteiger partial charge in [0.25, 0.3) is 0 Å². The Morgan fingerprint density at radius 1 is 1.47 bits per heavy atom. The normalized spacial score (nSPS) is 11.0. The van der Waals surface area contributed by atoms with E-state index >= 15 is 0 Å². The molecule has 5 nitrogen and oxygen atoms in total. The number of hydrogen-bond donors (Lipinski definition) is 3. The molecule has 0 saturated carbocycles. The molecule has 0 fully saturated rings. The topological polar surface area (TPSA) is 61.4 Å². The second-order valence-corrected chi connectivity index (χ2v) is 4.32. The number of rotatable bonds is 5. The van der Waals surface area contributed by atoms with Gasteiger partial charge in [0.05, 0.1) is 12.8 Å². The minimum absolute atomic E-state index is 0.480. The summed E-state index contributed by atoms with van der Waals surface area (Å²) < 4.78 is 4.91. The molecule has 3 N–H and O–H groups in total. The molecule has 1 heterocycles. The third kappa shape index (κ3) is 3.77. The maximum Gasteiger partial charge on any atom is 0.187 e. The number of aromatic amines is 1. The van der Waals surface area contributed by atoms with Crippen LogP contribution in [0.15, 0.2) is 35.6 Å².